The third-order valence-electron chi connectivity index (χ3n) is 3.41. The molecule has 4 nitrogen and oxygen atoms in total. The van der Waals surface area contributed by atoms with E-state index in [1.807, 2.05) is 27.7 Å². The molecule has 0 atom stereocenters. The van der Waals surface area contributed by atoms with E-state index in [0.29, 0.717) is 29.8 Å². The predicted molar refractivity (Wildman–Crippen MR) is 111 cm³/mol. The molecule has 7 heteroatoms. The van der Waals surface area contributed by atoms with Gasteiger partial charge in [0.2, 0.25) is 0 Å². The number of alkyl halides is 3. The quantitative estimate of drug-likeness (QED) is 0.451. The number of benzene rings is 1. The summed E-state index contributed by atoms with van der Waals surface area (Å²) in [4.78, 5) is 15.4. The molecule has 2 heterocycles. The number of Topliss-reactive ketones (excluding diaryl/α,β-unsaturated/α-hetero) is 1. The molecule has 0 saturated carbocycles. The topological polar surface area (TPSA) is 47.8 Å². The first-order valence-corrected chi connectivity index (χ1v) is 9.35. The van der Waals surface area contributed by atoms with Crippen LogP contribution in [0.1, 0.15) is 57.1 Å². The summed E-state index contributed by atoms with van der Waals surface area (Å²) >= 11 is 0. The molecule has 0 unspecified atom stereocenters. The molecule has 0 aliphatic heterocycles. The molecule has 0 N–H and O–H groups in total. The lowest BCUT2D eigenvalue weighted by molar-refractivity contribution is 0.101. The first-order valence-electron chi connectivity index (χ1n) is 9.35. The summed E-state index contributed by atoms with van der Waals surface area (Å²) in [6, 6.07) is 13.0. The lowest BCUT2D eigenvalue weighted by atomic mass is 10.1. The van der Waals surface area contributed by atoms with Crippen LogP contribution in [0.5, 0.6) is 0 Å². The normalized spacial score (nSPS) is 9.31. The van der Waals surface area contributed by atoms with Crippen LogP contribution in [-0.4, -0.2) is 27.7 Å². The molecule has 29 heavy (non-hydrogen) atoms. The van der Waals surface area contributed by atoms with Gasteiger partial charge in [0.1, 0.15) is 5.69 Å². The van der Waals surface area contributed by atoms with Gasteiger partial charge in [0.25, 0.3) is 6.43 Å². The molecule has 0 fully saturated rings. The van der Waals surface area contributed by atoms with Gasteiger partial charge >= 0.3 is 0 Å². The van der Waals surface area contributed by atoms with Gasteiger partial charge in [0.05, 0.1) is 12.9 Å². The Morgan fingerprint density at radius 1 is 0.966 bits per heavy atom. The minimum absolute atomic E-state index is 0.0520. The number of aromatic nitrogens is 3. The van der Waals surface area contributed by atoms with E-state index in [9.17, 15) is 18.0 Å². The van der Waals surface area contributed by atoms with Gasteiger partial charge in [-0.1, -0.05) is 58.0 Å². The van der Waals surface area contributed by atoms with Gasteiger partial charge < -0.3 is 0 Å². The lowest BCUT2D eigenvalue weighted by Crippen LogP contribution is -2.04. The zero-order valence-corrected chi connectivity index (χ0v) is 17.7. The largest absolute Gasteiger partial charge is 0.295 e. The third kappa shape index (κ3) is 7.18. The highest BCUT2D eigenvalue weighted by atomic mass is 19.3. The Hall–Kier alpha value is -2.96. The highest BCUT2D eigenvalue weighted by Gasteiger charge is 2.19. The van der Waals surface area contributed by atoms with Crippen molar-refractivity contribution in [2.24, 2.45) is 0 Å². The fourth-order valence-electron chi connectivity index (χ4n) is 2.23. The van der Waals surface area contributed by atoms with Crippen LogP contribution in [-0.2, 0) is 0 Å². The Balaban J connectivity index is 0.00000120. The second-order valence-electron chi connectivity index (χ2n) is 4.99. The number of rotatable bonds is 4. The first kappa shape index (κ1) is 26.0. The highest BCUT2D eigenvalue weighted by Crippen LogP contribution is 2.27. The summed E-state index contributed by atoms with van der Waals surface area (Å²) < 4.78 is 37.2. The van der Waals surface area contributed by atoms with Crippen LogP contribution in [0, 0.1) is 0 Å². The minimum atomic E-state index is -2.67. The maximum atomic E-state index is 13.3. The average molecular weight is 407 g/mol. The van der Waals surface area contributed by atoms with Crippen molar-refractivity contribution in [2.75, 3.05) is 7.18 Å². The van der Waals surface area contributed by atoms with E-state index >= 15 is 0 Å². The van der Waals surface area contributed by atoms with E-state index in [4.69, 9.17) is 0 Å². The van der Waals surface area contributed by atoms with Crippen LogP contribution < -0.4 is 0 Å². The summed E-state index contributed by atoms with van der Waals surface area (Å²) in [5, 5.41) is 4.24. The van der Waals surface area contributed by atoms with Gasteiger partial charge in [0, 0.05) is 17.3 Å². The number of pyridine rings is 1. The van der Waals surface area contributed by atoms with Crippen molar-refractivity contribution in [3.8, 4) is 17.1 Å². The number of hydrogen-bond donors (Lipinski definition) is 0. The van der Waals surface area contributed by atoms with Crippen molar-refractivity contribution >= 4 is 5.78 Å². The molecule has 0 aliphatic rings. The Morgan fingerprint density at radius 2 is 1.55 bits per heavy atom. The van der Waals surface area contributed by atoms with Crippen LogP contribution in [0.15, 0.2) is 54.7 Å². The van der Waals surface area contributed by atoms with Crippen molar-refractivity contribution in [2.45, 2.75) is 41.0 Å². The van der Waals surface area contributed by atoms with Gasteiger partial charge in [-0.2, -0.15) is 5.10 Å². The predicted octanol–water partition coefficient (Wildman–Crippen LogP) is 6.71. The smallest absolute Gasteiger partial charge is 0.280 e. The lowest BCUT2D eigenvalue weighted by Gasteiger charge is -2.04. The van der Waals surface area contributed by atoms with Crippen LogP contribution >= 0.6 is 0 Å². The fraction of sp³-hybridized carbons (Fsp3) is 0.318. The molecular weight excluding hydrogens is 379 g/mol. The number of halogens is 3. The molecule has 3 aromatic rings. The van der Waals surface area contributed by atoms with Crippen LogP contribution in [0.3, 0.4) is 0 Å². The summed E-state index contributed by atoms with van der Waals surface area (Å²) in [7, 11) is 0.500. The van der Waals surface area contributed by atoms with Gasteiger partial charge in [-0.25, -0.2) is 18.4 Å². The van der Waals surface area contributed by atoms with Crippen LogP contribution in [0.4, 0.5) is 13.2 Å². The van der Waals surface area contributed by atoms with E-state index in [-0.39, 0.29) is 11.5 Å². The van der Waals surface area contributed by atoms with Gasteiger partial charge in [-0.05, 0) is 25.1 Å². The maximum Gasteiger partial charge on any atom is 0.280 e. The molecule has 0 spiro atoms. The van der Waals surface area contributed by atoms with E-state index in [2.05, 4.69) is 10.1 Å². The standard InChI is InChI=1S/C17H13F2N3O.2C2H6.CH3F/c1-11(23)12-5-7-13(8-6-12)14-10-15(17(18)19)22(21-14)16-4-2-3-9-20-16;3*1-2/h2-10,17H,1H3;2*1-2H3;1H3. The summed E-state index contributed by atoms with van der Waals surface area (Å²) in [5.74, 6) is 0.276. The third-order valence-corrected chi connectivity index (χ3v) is 3.41. The van der Waals surface area contributed by atoms with E-state index in [1.165, 1.54) is 19.2 Å². The average Bonchev–Trinajstić information content (AvgIpc) is 3.24. The van der Waals surface area contributed by atoms with Crippen molar-refractivity contribution in [1.29, 1.82) is 0 Å². The molecular formula is C22H28F3N3O. The Kier molecular flexibility index (Phi) is 12.7. The van der Waals surface area contributed by atoms with Crippen molar-refractivity contribution in [1.82, 2.24) is 14.8 Å². The van der Waals surface area contributed by atoms with Crippen LogP contribution in [0.2, 0.25) is 0 Å². The number of nitrogens with zero attached hydrogens (tertiary/aromatic N) is 3. The van der Waals surface area contributed by atoms with Gasteiger partial charge in [0.15, 0.2) is 11.6 Å². The molecule has 1 aromatic carbocycles. The summed E-state index contributed by atoms with van der Waals surface area (Å²) in [5.41, 5.74) is 1.40. The molecule has 0 bridgehead atoms. The fourth-order valence-corrected chi connectivity index (χ4v) is 2.23. The van der Waals surface area contributed by atoms with E-state index in [0.717, 1.165) is 4.68 Å². The maximum absolute atomic E-state index is 13.3. The van der Waals surface area contributed by atoms with Gasteiger partial charge in [-0.15, -0.1) is 0 Å². The van der Waals surface area contributed by atoms with Crippen molar-refractivity contribution < 1.29 is 18.0 Å². The van der Waals surface area contributed by atoms with Gasteiger partial charge in [-0.3, -0.25) is 9.18 Å². The minimum Gasteiger partial charge on any atom is -0.295 e. The summed E-state index contributed by atoms with van der Waals surface area (Å²) in [6.45, 7) is 9.47. The second-order valence-corrected chi connectivity index (χ2v) is 4.99. The van der Waals surface area contributed by atoms with Crippen molar-refractivity contribution in [3.05, 3.63) is 66.0 Å². The SMILES string of the molecule is CC.CC.CC(=O)c1ccc(-c2cc(C(F)F)n(-c3ccccn3)n2)cc1.CF. The molecule has 0 saturated heterocycles. The zero-order valence-electron chi connectivity index (χ0n) is 17.7. The van der Waals surface area contributed by atoms with Crippen molar-refractivity contribution in [3.63, 3.8) is 0 Å². The van der Waals surface area contributed by atoms with Crippen LogP contribution in [0.25, 0.3) is 17.1 Å². The first-order chi connectivity index (χ1) is 14.1. The molecule has 158 valence electrons. The number of hydrogen-bond acceptors (Lipinski definition) is 3. The van der Waals surface area contributed by atoms with E-state index < -0.39 is 6.43 Å². The molecule has 3 rings (SSSR count). The summed E-state index contributed by atoms with van der Waals surface area (Å²) in [6.07, 6.45) is -1.15. The zero-order chi connectivity index (χ0) is 22.4. The van der Waals surface area contributed by atoms with E-state index in [1.54, 1.807) is 42.5 Å². The second kappa shape index (κ2) is 14.1. The Bertz CT molecular complexity index is 832. The Labute approximate surface area is 170 Å². The number of ketones is 1. The highest BCUT2D eigenvalue weighted by molar-refractivity contribution is 5.94. The number of carbonyl (C=O) groups is 1. The molecule has 0 aliphatic carbocycles. The molecule has 2 aromatic heterocycles. The molecule has 0 amide bonds. The number of carbonyl (C=O) groups excluding carboxylic acids is 1. The monoisotopic (exact) mass is 407 g/mol. The molecule has 0 radical (unpaired) electrons. The Morgan fingerprint density at radius 3 is 2.00 bits per heavy atom.